The van der Waals surface area contributed by atoms with Crippen molar-refractivity contribution in [2.75, 3.05) is 0 Å². The summed E-state index contributed by atoms with van der Waals surface area (Å²) in [5.74, 6) is 0.142. The van der Waals surface area contributed by atoms with Crippen LogP contribution in [0.4, 0.5) is 0 Å². The minimum atomic E-state index is -0.420. The molecule has 4 heteroatoms. The van der Waals surface area contributed by atoms with Crippen molar-refractivity contribution in [3.8, 4) is 5.75 Å². The number of nitrogens with zero attached hydrogens (tertiary/aromatic N) is 1. The standard InChI is InChI=1S/C16H9NO3/c18-10-5-6-13-9(7-10)8-12-15(17-13)11-3-1-2-4-14(11)20-16(12)19/h1-8,18H. The van der Waals surface area contributed by atoms with Crippen LogP contribution in [0.3, 0.4) is 0 Å². The third-order valence-corrected chi connectivity index (χ3v) is 3.36. The van der Waals surface area contributed by atoms with Gasteiger partial charge in [-0.25, -0.2) is 9.78 Å². The first kappa shape index (κ1) is 11.0. The minimum Gasteiger partial charge on any atom is -0.508 e. The Labute approximate surface area is 112 Å². The molecule has 4 rings (SSSR count). The molecule has 4 nitrogen and oxygen atoms in total. The zero-order valence-electron chi connectivity index (χ0n) is 10.3. The highest BCUT2D eigenvalue weighted by Crippen LogP contribution is 2.26. The Morgan fingerprint density at radius 1 is 1.00 bits per heavy atom. The van der Waals surface area contributed by atoms with E-state index in [4.69, 9.17) is 4.42 Å². The van der Waals surface area contributed by atoms with Crippen LogP contribution in [0.2, 0.25) is 0 Å². The summed E-state index contributed by atoms with van der Waals surface area (Å²) in [5.41, 5.74) is 1.45. The fourth-order valence-corrected chi connectivity index (χ4v) is 2.43. The maximum Gasteiger partial charge on any atom is 0.345 e. The van der Waals surface area contributed by atoms with Crippen molar-refractivity contribution in [3.63, 3.8) is 0 Å². The maximum atomic E-state index is 12.1. The lowest BCUT2D eigenvalue weighted by molar-refractivity contribution is 0.476. The number of hydrogen-bond acceptors (Lipinski definition) is 4. The van der Waals surface area contributed by atoms with Crippen LogP contribution in [0.1, 0.15) is 0 Å². The van der Waals surface area contributed by atoms with Gasteiger partial charge in [-0.15, -0.1) is 0 Å². The van der Waals surface area contributed by atoms with Crippen molar-refractivity contribution in [1.29, 1.82) is 0 Å². The Morgan fingerprint density at radius 2 is 1.85 bits per heavy atom. The summed E-state index contributed by atoms with van der Waals surface area (Å²) in [6.07, 6.45) is 0. The molecule has 0 amide bonds. The molecule has 4 aromatic rings. The zero-order valence-corrected chi connectivity index (χ0v) is 10.3. The number of phenols is 1. The van der Waals surface area contributed by atoms with Crippen molar-refractivity contribution < 1.29 is 9.52 Å². The summed E-state index contributed by atoms with van der Waals surface area (Å²) in [5, 5.41) is 11.4. The smallest absolute Gasteiger partial charge is 0.345 e. The van der Waals surface area contributed by atoms with Crippen LogP contribution in [0, 0.1) is 0 Å². The van der Waals surface area contributed by atoms with E-state index < -0.39 is 5.63 Å². The van der Waals surface area contributed by atoms with Crippen LogP contribution in [-0.2, 0) is 0 Å². The molecule has 0 unspecified atom stereocenters. The summed E-state index contributed by atoms with van der Waals surface area (Å²) in [4.78, 5) is 16.6. The molecule has 0 atom stereocenters. The predicted molar refractivity (Wildman–Crippen MR) is 77.0 cm³/mol. The fraction of sp³-hybridized carbons (Fsp3) is 0. The van der Waals surface area contributed by atoms with Crippen molar-refractivity contribution in [2.24, 2.45) is 0 Å². The largest absolute Gasteiger partial charge is 0.508 e. The van der Waals surface area contributed by atoms with Crippen molar-refractivity contribution in [3.05, 3.63) is 59.0 Å². The number of fused-ring (bicyclic) bond motifs is 4. The van der Waals surface area contributed by atoms with E-state index in [1.165, 1.54) is 0 Å². The van der Waals surface area contributed by atoms with Crippen LogP contribution >= 0.6 is 0 Å². The summed E-state index contributed by atoms with van der Waals surface area (Å²) >= 11 is 0. The number of aromatic nitrogens is 1. The highest BCUT2D eigenvalue weighted by Gasteiger charge is 2.10. The van der Waals surface area contributed by atoms with Crippen LogP contribution in [-0.4, -0.2) is 10.1 Å². The molecule has 96 valence electrons. The molecule has 0 fully saturated rings. The van der Waals surface area contributed by atoms with E-state index in [0.717, 1.165) is 10.9 Å². The van der Waals surface area contributed by atoms with Gasteiger partial charge in [0.05, 0.1) is 16.4 Å². The number of aromatic hydroxyl groups is 1. The number of pyridine rings is 1. The van der Waals surface area contributed by atoms with E-state index in [1.54, 1.807) is 30.3 Å². The van der Waals surface area contributed by atoms with Crippen molar-refractivity contribution >= 4 is 32.8 Å². The summed E-state index contributed by atoms with van der Waals surface area (Å²) < 4.78 is 5.30. The van der Waals surface area contributed by atoms with Gasteiger partial charge in [0, 0.05) is 10.8 Å². The maximum absolute atomic E-state index is 12.1. The third-order valence-electron chi connectivity index (χ3n) is 3.36. The zero-order chi connectivity index (χ0) is 13.7. The Morgan fingerprint density at radius 3 is 2.75 bits per heavy atom. The van der Waals surface area contributed by atoms with Crippen LogP contribution < -0.4 is 5.63 Å². The molecule has 0 radical (unpaired) electrons. The second-order valence-corrected chi connectivity index (χ2v) is 4.65. The van der Waals surface area contributed by atoms with E-state index in [9.17, 15) is 9.90 Å². The molecule has 0 spiro atoms. The molecule has 2 heterocycles. The number of para-hydroxylation sites is 1. The molecule has 0 saturated heterocycles. The van der Waals surface area contributed by atoms with Gasteiger partial charge in [0.2, 0.25) is 0 Å². The van der Waals surface area contributed by atoms with Crippen molar-refractivity contribution in [2.45, 2.75) is 0 Å². The van der Waals surface area contributed by atoms with Gasteiger partial charge in [-0.2, -0.15) is 0 Å². The molecule has 0 bridgehead atoms. The van der Waals surface area contributed by atoms with Gasteiger partial charge in [-0.05, 0) is 36.4 Å². The Hall–Kier alpha value is -2.88. The number of benzene rings is 2. The average Bonchev–Trinajstić information content (AvgIpc) is 2.46. The summed E-state index contributed by atoms with van der Waals surface area (Å²) in [6.45, 7) is 0. The van der Waals surface area contributed by atoms with Crippen LogP contribution in [0.5, 0.6) is 5.75 Å². The highest BCUT2D eigenvalue weighted by atomic mass is 16.4. The monoisotopic (exact) mass is 263 g/mol. The Kier molecular flexibility index (Phi) is 2.09. The average molecular weight is 263 g/mol. The molecule has 0 saturated carbocycles. The van der Waals surface area contributed by atoms with E-state index in [2.05, 4.69) is 4.98 Å². The van der Waals surface area contributed by atoms with Crippen LogP contribution in [0.25, 0.3) is 32.8 Å². The van der Waals surface area contributed by atoms with Gasteiger partial charge in [0.15, 0.2) is 0 Å². The summed E-state index contributed by atoms with van der Waals surface area (Å²) in [7, 11) is 0. The normalized spacial score (nSPS) is 11.4. The quantitative estimate of drug-likeness (QED) is 0.300. The number of rotatable bonds is 0. The molecule has 1 N–H and O–H groups in total. The van der Waals surface area contributed by atoms with Gasteiger partial charge in [-0.1, -0.05) is 12.1 Å². The third kappa shape index (κ3) is 1.48. The molecular weight excluding hydrogens is 254 g/mol. The van der Waals surface area contributed by atoms with E-state index in [-0.39, 0.29) is 5.75 Å². The highest BCUT2D eigenvalue weighted by molar-refractivity contribution is 6.05. The van der Waals surface area contributed by atoms with Crippen LogP contribution in [0.15, 0.2) is 57.7 Å². The molecule has 0 aliphatic heterocycles. The fourth-order valence-electron chi connectivity index (χ4n) is 2.43. The molecule has 2 aromatic carbocycles. The second kappa shape index (κ2) is 3.81. The van der Waals surface area contributed by atoms with E-state index >= 15 is 0 Å². The predicted octanol–water partition coefficient (Wildman–Crippen LogP) is 3.20. The molecule has 0 aliphatic carbocycles. The van der Waals surface area contributed by atoms with E-state index in [1.807, 2.05) is 18.2 Å². The molecular formula is C16H9NO3. The summed E-state index contributed by atoms with van der Waals surface area (Å²) in [6, 6.07) is 13.9. The minimum absolute atomic E-state index is 0.142. The van der Waals surface area contributed by atoms with Gasteiger partial charge in [0.25, 0.3) is 0 Å². The van der Waals surface area contributed by atoms with Gasteiger partial charge < -0.3 is 9.52 Å². The first-order valence-electron chi connectivity index (χ1n) is 6.18. The first-order valence-corrected chi connectivity index (χ1v) is 6.18. The molecule has 0 aliphatic rings. The second-order valence-electron chi connectivity index (χ2n) is 4.65. The van der Waals surface area contributed by atoms with Gasteiger partial charge in [0.1, 0.15) is 11.3 Å². The number of hydrogen-bond donors (Lipinski definition) is 1. The molecule has 20 heavy (non-hydrogen) atoms. The lowest BCUT2D eigenvalue weighted by atomic mass is 10.1. The Bertz CT molecular complexity index is 1030. The van der Waals surface area contributed by atoms with E-state index in [0.29, 0.717) is 21.9 Å². The lowest BCUT2D eigenvalue weighted by Crippen LogP contribution is -2.01. The first-order chi connectivity index (χ1) is 9.72. The topological polar surface area (TPSA) is 63.3 Å². The number of phenolic OH excluding ortho intramolecular Hbond substituents is 1. The Balaban J connectivity index is 2.29. The SMILES string of the molecule is O=c1oc2ccccc2c2nc3ccc(O)cc3cc12. The lowest BCUT2D eigenvalue weighted by Gasteiger charge is -2.04. The molecule has 2 aromatic heterocycles. The van der Waals surface area contributed by atoms with Gasteiger partial charge in [-0.3, -0.25) is 0 Å². The van der Waals surface area contributed by atoms with Gasteiger partial charge >= 0.3 is 5.63 Å². The van der Waals surface area contributed by atoms with Crippen molar-refractivity contribution in [1.82, 2.24) is 4.98 Å².